The van der Waals surface area contributed by atoms with E-state index in [-0.39, 0.29) is 5.82 Å². The standard InChI is InChI=1S/C13H19FN2/c1-3-7-16(8-4-2)10-11-5-6-12(15)9-13(11)14/h3,5-6,9H,1,4,7-8,10,15H2,2H3. The third-order valence-electron chi connectivity index (χ3n) is 2.40. The van der Waals surface area contributed by atoms with E-state index in [1.807, 2.05) is 6.08 Å². The van der Waals surface area contributed by atoms with Crippen molar-refractivity contribution in [3.8, 4) is 0 Å². The third-order valence-corrected chi connectivity index (χ3v) is 2.40. The van der Waals surface area contributed by atoms with Gasteiger partial charge in [0.05, 0.1) is 0 Å². The maximum absolute atomic E-state index is 13.6. The minimum absolute atomic E-state index is 0.231. The SMILES string of the molecule is C=CCN(CCC)Cc1ccc(N)cc1F. The molecule has 88 valence electrons. The van der Waals surface area contributed by atoms with E-state index >= 15 is 0 Å². The van der Waals surface area contributed by atoms with Gasteiger partial charge in [-0.25, -0.2) is 4.39 Å². The van der Waals surface area contributed by atoms with E-state index in [1.54, 1.807) is 12.1 Å². The van der Waals surface area contributed by atoms with Gasteiger partial charge < -0.3 is 5.73 Å². The molecule has 0 aromatic heterocycles. The molecule has 0 fully saturated rings. The molecule has 0 amide bonds. The molecule has 0 saturated heterocycles. The molecule has 1 rings (SSSR count). The quantitative estimate of drug-likeness (QED) is 0.592. The highest BCUT2D eigenvalue weighted by Gasteiger charge is 2.07. The van der Waals surface area contributed by atoms with Gasteiger partial charge in [0.25, 0.3) is 0 Å². The van der Waals surface area contributed by atoms with Gasteiger partial charge in [-0.15, -0.1) is 6.58 Å². The summed E-state index contributed by atoms with van der Waals surface area (Å²) in [6, 6.07) is 4.85. The topological polar surface area (TPSA) is 29.3 Å². The summed E-state index contributed by atoms with van der Waals surface area (Å²) in [5, 5.41) is 0. The Hall–Kier alpha value is -1.35. The van der Waals surface area contributed by atoms with Crippen LogP contribution in [-0.4, -0.2) is 18.0 Å². The van der Waals surface area contributed by atoms with Crippen LogP contribution >= 0.6 is 0 Å². The van der Waals surface area contributed by atoms with E-state index in [0.29, 0.717) is 17.8 Å². The van der Waals surface area contributed by atoms with E-state index in [0.717, 1.165) is 19.5 Å². The zero-order valence-electron chi connectivity index (χ0n) is 9.75. The van der Waals surface area contributed by atoms with Crippen LogP contribution in [0.15, 0.2) is 30.9 Å². The lowest BCUT2D eigenvalue weighted by Crippen LogP contribution is -2.24. The first kappa shape index (κ1) is 12.7. The van der Waals surface area contributed by atoms with Crippen LogP contribution in [0.2, 0.25) is 0 Å². The molecule has 0 atom stereocenters. The number of halogens is 1. The predicted octanol–water partition coefficient (Wildman–Crippen LogP) is 2.81. The van der Waals surface area contributed by atoms with Gasteiger partial charge in [0, 0.05) is 24.3 Å². The number of rotatable bonds is 6. The Bertz CT molecular complexity index is 350. The van der Waals surface area contributed by atoms with Crippen molar-refractivity contribution in [2.45, 2.75) is 19.9 Å². The van der Waals surface area contributed by atoms with Crippen LogP contribution in [0.4, 0.5) is 10.1 Å². The van der Waals surface area contributed by atoms with Gasteiger partial charge in [0.1, 0.15) is 5.82 Å². The average Bonchev–Trinajstić information content (AvgIpc) is 2.23. The highest BCUT2D eigenvalue weighted by atomic mass is 19.1. The summed E-state index contributed by atoms with van der Waals surface area (Å²) in [5.74, 6) is -0.231. The van der Waals surface area contributed by atoms with Crippen molar-refractivity contribution in [3.05, 3.63) is 42.2 Å². The summed E-state index contributed by atoms with van der Waals surface area (Å²) in [6.45, 7) is 8.13. The van der Waals surface area contributed by atoms with E-state index in [1.165, 1.54) is 6.07 Å². The molecule has 0 radical (unpaired) electrons. The Morgan fingerprint density at radius 3 is 2.81 bits per heavy atom. The second kappa shape index (κ2) is 6.28. The number of benzene rings is 1. The van der Waals surface area contributed by atoms with Gasteiger partial charge >= 0.3 is 0 Å². The first-order chi connectivity index (χ1) is 7.67. The van der Waals surface area contributed by atoms with Gasteiger partial charge in [-0.3, -0.25) is 4.90 Å². The average molecular weight is 222 g/mol. The van der Waals surface area contributed by atoms with Crippen LogP contribution < -0.4 is 5.73 Å². The van der Waals surface area contributed by atoms with E-state index in [9.17, 15) is 4.39 Å². The molecule has 0 heterocycles. The molecule has 0 saturated carbocycles. The number of nitrogens with two attached hydrogens (primary N) is 1. The summed E-state index contributed by atoms with van der Waals surface area (Å²) < 4.78 is 13.6. The molecule has 0 bridgehead atoms. The second-order valence-electron chi connectivity index (χ2n) is 3.87. The van der Waals surface area contributed by atoms with Crippen molar-refractivity contribution in [1.29, 1.82) is 0 Å². The summed E-state index contributed by atoms with van der Waals surface area (Å²) >= 11 is 0. The highest BCUT2D eigenvalue weighted by Crippen LogP contribution is 2.14. The highest BCUT2D eigenvalue weighted by molar-refractivity contribution is 5.40. The van der Waals surface area contributed by atoms with Crippen LogP contribution in [0.1, 0.15) is 18.9 Å². The van der Waals surface area contributed by atoms with Crippen LogP contribution in [0.5, 0.6) is 0 Å². The van der Waals surface area contributed by atoms with Crippen molar-refractivity contribution < 1.29 is 4.39 Å². The maximum atomic E-state index is 13.6. The van der Waals surface area contributed by atoms with Gasteiger partial charge in [-0.2, -0.15) is 0 Å². The van der Waals surface area contributed by atoms with Crippen molar-refractivity contribution >= 4 is 5.69 Å². The number of nitrogens with zero attached hydrogens (tertiary/aromatic N) is 1. The fourth-order valence-corrected chi connectivity index (χ4v) is 1.67. The lowest BCUT2D eigenvalue weighted by atomic mass is 10.1. The predicted molar refractivity (Wildman–Crippen MR) is 66.6 cm³/mol. The maximum Gasteiger partial charge on any atom is 0.129 e. The Labute approximate surface area is 96.6 Å². The summed E-state index contributed by atoms with van der Waals surface area (Å²) in [7, 11) is 0. The molecule has 1 aromatic rings. The second-order valence-corrected chi connectivity index (χ2v) is 3.87. The molecule has 2 N–H and O–H groups in total. The number of hydrogen-bond acceptors (Lipinski definition) is 2. The Balaban J connectivity index is 2.72. The number of hydrogen-bond donors (Lipinski definition) is 1. The fraction of sp³-hybridized carbons (Fsp3) is 0.385. The molecule has 0 spiro atoms. The van der Waals surface area contributed by atoms with E-state index in [2.05, 4.69) is 18.4 Å². The van der Waals surface area contributed by atoms with Crippen LogP contribution in [-0.2, 0) is 6.54 Å². The smallest absolute Gasteiger partial charge is 0.129 e. The largest absolute Gasteiger partial charge is 0.399 e. The van der Waals surface area contributed by atoms with Gasteiger partial charge in [-0.05, 0) is 25.1 Å². The molecule has 0 unspecified atom stereocenters. The van der Waals surface area contributed by atoms with Crippen molar-refractivity contribution in [2.24, 2.45) is 0 Å². The molecule has 0 aliphatic heterocycles. The van der Waals surface area contributed by atoms with Gasteiger partial charge in [0.15, 0.2) is 0 Å². The fourth-order valence-electron chi connectivity index (χ4n) is 1.67. The molecular weight excluding hydrogens is 203 g/mol. The Kier molecular flexibility index (Phi) is 4.99. The van der Waals surface area contributed by atoms with Crippen molar-refractivity contribution in [1.82, 2.24) is 4.90 Å². The monoisotopic (exact) mass is 222 g/mol. The molecule has 0 aliphatic rings. The number of nitrogen functional groups attached to an aromatic ring is 1. The van der Waals surface area contributed by atoms with Crippen LogP contribution in [0.25, 0.3) is 0 Å². The zero-order valence-corrected chi connectivity index (χ0v) is 9.75. The minimum atomic E-state index is -0.231. The third kappa shape index (κ3) is 3.66. The first-order valence-corrected chi connectivity index (χ1v) is 5.54. The molecule has 3 heteroatoms. The minimum Gasteiger partial charge on any atom is -0.399 e. The molecular formula is C13H19FN2. The van der Waals surface area contributed by atoms with E-state index < -0.39 is 0 Å². The van der Waals surface area contributed by atoms with Crippen molar-refractivity contribution in [2.75, 3.05) is 18.8 Å². The van der Waals surface area contributed by atoms with Gasteiger partial charge in [0.2, 0.25) is 0 Å². The summed E-state index contributed by atoms with van der Waals surface area (Å²) in [5.41, 5.74) is 6.66. The molecule has 1 aromatic carbocycles. The Morgan fingerprint density at radius 2 is 2.25 bits per heavy atom. The first-order valence-electron chi connectivity index (χ1n) is 5.54. The molecule has 2 nitrogen and oxygen atoms in total. The van der Waals surface area contributed by atoms with Crippen LogP contribution in [0.3, 0.4) is 0 Å². The summed E-state index contributed by atoms with van der Waals surface area (Å²) in [4.78, 5) is 2.15. The van der Waals surface area contributed by atoms with Crippen LogP contribution in [0, 0.1) is 5.82 Å². The summed E-state index contributed by atoms with van der Waals surface area (Å²) in [6.07, 6.45) is 2.88. The van der Waals surface area contributed by atoms with E-state index in [4.69, 9.17) is 5.73 Å². The molecule has 16 heavy (non-hydrogen) atoms. The van der Waals surface area contributed by atoms with Crippen molar-refractivity contribution in [3.63, 3.8) is 0 Å². The lowest BCUT2D eigenvalue weighted by molar-refractivity contribution is 0.290. The molecule has 0 aliphatic carbocycles. The lowest BCUT2D eigenvalue weighted by Gasteiger charge is -2.20. The zero-order chi connectivity index (χ0) is 12.0. The number of anilines is 1. The van der Waals surface area contributed by atoms with Gasteiger partial charge in [-0.1, -0.05) is 19.1 Å². The Morgan fingerprint density at radius 1 is 1.50 bits per heavy atom. The normalized spacial score (nSPS) is 10.7.